The topological polar surface area (TPSA) is 65.0 Å². The summed E-state index contributed by atoms with van der Waals surface area (Å²) in [5, 5.41) is 8.87. The maximum Gasteiger partial charge on any atom is 0.319 e. The van der Waals surface area contributed by atoms with Crippen molar-refractivity contribution < 1.29 is 9.53 Å². The van der Waals surface area contributed by atoms with Crippen LogP contribution < -0.4 is 0 Å². The summed E-state index contributed by atoms with van der Waals surface area (Å²) >= 11 is 1.31. The third-order valence-corrected chi connectivity index (χ3v) is 4.99. The first-order chi connectivity index (χ1) is 12.3. The van der Waals surface area contributed by atoms with E-state index in [4.69, 9.17) is 9.72 Å². The molecule has 0 spiro atoms. The summed E-state index contributed by atoms with van der Waals surface area (Å²) < 4.78 is 5.01. The molecule has 2 aromatic carbocycles. The van der Waals surface area contributed by atoms with Gasteiger partial charge >= 0.3 is 5.97 Å². The second-order valence-electron chi connectivity index (χ2n) is 5.59. The number of cyclic esters (lactones) is 1. The molecule has 6 heteroatoms. The maximum atomic E-state index is 11.7. The minimum atomic E-state index is -0.256. The smallest absolute Gasteiger partial charge is 0.319 e. The van der Waals surface area contributed by atoms with E-state index in [1.54, 1.807) is 0 Å². The highest BCUT2D eigenvalue weighted by Crippen LogP contribution is 2.32. The fourth-order valence-electron chi connectivity index (χ4n) is 2.66. The van der Waals surface area contributed by atoms with Crippen molar-refractivity contribution in [1.82, 2.24) is 15.2 Å². The third-order valence-electron chi connectivity index (χ3n) is 3.90. The number of carbonyl (C=O) groups is 1. The van der Waals surface area contributed by atoms with Crippen LogP contribution in [0.5, 0.6) is 0 Å². The SMILES string of the molecule is O=C1OCCC1Sc1nnc(-c2ccccc2)c(-c2ccccc2)n1. The maximum absolute atomic E-state index is 11.7. The first-order valence-electron chi connectivity index (χ1n) is 8.00. The van der Waals surface area contributed by atoms with Crippen molar-refractivity contribution in [3.8, 4) is 22.5 Å². The van der Waals surface area contributed by atoms with Crippen LogP contribution in [0.3, 0.4) is 0 Å². The van der Waals surface area contributed by atoms with Crippen LogP contribution in [0.15, 0.2) is 65.8 Å². The van der Waals surface area contributed by atoms with Gasteiger partial charge in [0.2, 0.25) is 5.16 Å². The van der Waals surface area contributed by atoms with Crippen LogP contribution in [-0.2, 0) is 9.53 Å². The molecule has 5 nitrogen and oxygen atoms in total. The van der Waals surface area contributed by atoms with Gasteiger partial charge in [-0.2, -0.15) is 0 Å². The standard InChI is InChI=1S/C19H15N3O2S/c23-18-15(11-12-24-18)25-19-20-16(13-7-3-1-4-8-13)17(21-22-19)14-9-5-2-6-10-14/h1-10,15H,11-12H2. The molecule has 1 saturated heterocycles. The molecule has 1 aliphatic heterocycles. The number of carbonyl (C=O) groups excluding carboxylic acids is 1. The minimum absolute atomic E-state index is 0.206. The van der Waals surface area contributed by atoms with E-state index in [0.717, 1.165) is 22.5 Å². The third kappa shape index (κ3) is 3.39. The summed E-state index contributed by atoms with van der Waals surface area (Å²) in [6, 6.07) is 19.7. The fourth-order valence-corrected chi connectivity index (χ4v) is 3.53. The van der Waals surface area contributed by atoms with Gasteiger partial charge in [0.25, 0.3) is 0 Å². The molecular weight excluding hydrogens is 334 g/mol. The summed E-state index contributed by atoms with van der Waals surface area (Å²) in [4.78, 5) is 16.4. The summed E-state index contributed by atoms with van der Waals surface area (Å²) in [6.07, 6.45) is 0.675. The average Bonchev–Trinajstić information content (AvgIpc) is 3.08. The Kier molecular flexibility index (Phi) is 4.43. The molecule has 3 aromatic rings. The molecule has 2 heterocycles. The Morgan fingerprint density at radius 1 is 0.880 bits per heavy atom. The second-order valence-corrected chi connectivity index (χ2v) is 6.76. The number of thioether (sulfide) groups is 1. The van der Waals surface area contributed by atoms with Gasteiger partial charge in [0, 0.05) is 17.5 Å². The molecule has 0 bridgehead atoms. The molecule has 1 aromatic heterocycles. The lowest BCUT2D eigenvalue weighted by Crippen LogP contribution is -2.11. The van der Waals surface area contributed by atoms with Crippen molar-refractivity contribution in [3.63, 3.8) is 0 Å². The van der Waals surface area contributed by atoms with E-state index in [9.17, 15) is 4.79 Å². The number of esters is 1. The predicted molar refractivity (Wildman–Crippen MR) is 95.9 cm³/mol. The molecule has 0 amide bonds. The largest absolute Gasteiger partial charge is 0.465 e. The Labute approximate surface area is 149 Å². The lowest BCUT2D eigenvalue weighted by Gasteiger charge is -2.10. The van der Waals surface area contributed by atoms with Gasteiger partial charge in [-0.3, -0.25) is 4.79 Å². The molecule has 124 valence electrons. The molecule has 0 radical (unpaired) electrons. The second kappa shape index (κ2) is 7.03. The summed E-state index contributed by atoms with van der Waals surface area (Å²) in [5.41, 5.74) is 3.41. The lowest BCUT2D eigenvalue weighted by atomic mass is 10.0. The van der Waals surface area contributed by atoms with Crippen LogP contribution >= 0.6 is 11.8 Å². The van der Waals surface area contributed by atoms with E-state index in [2.05, 4.69) is 10.2 Å². The van der Waals surface area contributed by atoms with Gasteiger partial charge in [-0.15, -0.1) is 10.2 Å². The molecule has 4 rings (SSSR count). The highest BCUT2D eigenvalue weighted by Gasteiger charge is 2.29. The number of nitrogens with zero attached hydrogens (tertiary/aromatic N) is 3. The summed E-state index contributed by atoms with van der Waals surface area (Å²) in [7, 11) is 0. The number of benzene rings is 2. The van der Waals surface area contributed by atoms with E-state index in [1.165, 1.54) is 11.8 Å². The van der Waals surface area contributed by atoms with Crippen molar-refractivity contribution >= 4 is 17.7 Å². The number of ether oxygens (including phenoxy) is 1. The van der Waals surface area contributed by atoms with Crippen molar-refractivity contribution in [2.75, 3.05) is 6.61 Å². The van der Waals surface area contributed by atoms with Gasteiger partial charge in [-0.1, -0.05) is 72.4 Å². The van der Waals surface area contributed by atoms with Crippen LogP contribution in [0, 0.1) is 0 Å². The van der Waals surface area contributed by atoms with Gasteiger partial charge in [0.1, 0.15) is 16.6 Å². The molecule has 0 aliphatic carbocycles. The summed E-state index contributed by atoms with van der Waals surface area (Å²) in [5.74, 6) is -0.206. The van der Waals surface area contributed by atoms with Crippen LogP contribution in [0.4, 0.5) is 0 Å². The van der Waals surface area contributed by atoms with Gasteiger partial charge in [0.05, 0.1) is 6.61 Å². The van der Waals surface area contributed by atoms with Gasteiger partial charge in [-0.05, 0) is 0 Å². The Balaban J connectivity index is 1.76. The van der Waals surface area contributed by atoms with Crippen molar-refractivity contribution in [2.45, 2.75) is 16.8 Å². The Morgan fingerprint density at radius 3 is 2.12 bits per heavy atom. The molecule has 1 fully saturated rings. The zero-order chi connectivity index (χ0) is 17.1. The number of hydrogen-bond donors (Lipinski definition) is 0. The first kappa shape index (κ1) is 15.8. The molecular formula is C19H15N3O2S. The van der Waals surface area contributed by atoms with E-state index in [0.29, 0.717) is 18.2 Å². The Hall–Kier alpha value is -2.73. The first-order valence-corrected chi connectivity index (χ1v) is 8.88. The van der Waals surface area contributed by atoms with Gasteiger partial charge in [0.15, 0.2) is 0 Å². The molecule has 1 atom stereocenters. The van der Waals surface area contributed by atoms with E-state index < -0.39 is 0 Å². The zero-order valence-corrected chi connectivity index (χ0v) is 14.1. The average molecular weight is 349 g/mol. The number of hydrogen-bond acceptors (Lipinski definition) is 6. The normalized spacial score (nSPS) is 16.6. The van der Waals surface area contributed by atoms with Crippen LogP contribution in [-0.4, -0.2) is 33.0 Å². The number of rotatable bonds is 4. The Morgan fingerprint density at radius 2 is 1.52 bits per heavy atom. The predicted octanol–water partition coefficient (Wildman–Crippen LogP) is 3.61. The van der Waals surface area contributed by atoms with Crippen molar-refractivity contribution in [3.05, 3.63) is 60.7 Å². The molecule has 0 saturated carbocycles. The van der Waals surface area contributed by atoms with Crippen molar-refractivity contribution in [2.24, 2.45) is 0 Å². The monoisotopic (exact) mass is 349 g/mol. The van der Waals surface area contributed by atoms with Crippen LogP contribution in [0.2, 0.25) is 0 Å². The van der Waals surface area contributed by atoms with E-state index in [-0.39, 0.29) is 11.2 Å². The highest BCUT2D eigenvalue weighted by molar-refractivity contribution is 8.00. The van der Waals surface area contributed by atoms with Gasteiger partial charge < -0.3 is 4.74 Å². The summed E-state index contributed by atoms with van der Waals surface area (Å²) in [6.45, 7) is 0.456. The molecule has 1 aliphatic rings. The van der Waals surface area contributed by atoms with Crippen LogP contribution in [0.25, 0.3) is 22.5 Å². The van der Waals surface area contributed by atoms with Crippen molar-refractivity contribution in [1.29, 1.82) is 0 Å². The lowest BCUT2D eigenvalue weighted by molar-refractivity contribution is -0.137. The quantitative estimate of drug-likeness (QED) is 0.671. The zero-order valence-electron chi connectivity index (χ0n) is 13.3. The minimum Gasteiger partial charge on any atom is -0.465 e. The highest BCUT2D eigenvalue weighted by atomic mass is 32.2. The van der Waals surface area contributed by atoms with Gasteiger partial charge in [-0.25, -0.2) is 4.98 Å². The van der Waals surface area contributed by atoms with E-state index >= 15 is 0 Å². The number of aromatic nitrogens is 3. The molecule has 0 N–H and O–H groups in total. The molecule has 1 unspecified atom stereocenters. The fraction of sp³-hybridized carbons (Fsp3) is 0.158. The van der Waals surface area contributed by atoms with E-state index in [1.807, 2.05) is 60.7 Å². The Bertz CT molecular complexity index is 888. The molecule has 25 heavy (non-hydrogen) atoms. The van der Waals surface area contributed by atoms with Crippen LogP contribution in [0.1, 0.15) is 6.42 Å².